The Hall–Kier alpha value is -1.31. The molecule has 0 radical (unpaired) electrons. The summed E-state index contributed by atoms with van der Waals surface area (Å²) >= 11 is 12.4. The molecule has 0 saturated heterocycles. The molecular weight excluding hydrogens is 339 g/mol. The highest BCUT2D eigenvalue weighted by Gasteiger charge is 2.08. The summed E-state index contributed by atoms with van der Waals surface area (Å²) in [6.45, 7) is 8.02. The van der Waals surface area contributed by atoms with Crippen LogP contribution in [0.1, 0.15) is 46.2 Å². The minimum atomic E-state index is 0.297. The van der Waals surface area contributed by atoms with Crippen molar-refractivity contribution >= 4 is 29.0 Å². The third kappa shape index (κ3) is 4.84. The zero-order valence-electron chi connectivity index (χ0n) is 14.8. The van der Waals surface area contributed by atoms with E-state index < -0.39 is 0 Å². The molecule has 0 atom stereocenters. The lowest BCUT2D eigenvalue weighted by Gasteiger charge is -2.09. The van der Waals surface area contributed by atoms with Gasteiger partial charge in [-0.15, -0.1) is 0 Å². The van der Waals surface area contributed by atoms with Gasteiger partial charge in [0, 0.05) is 22.9 Å². The number of carbonyl (C=O) groups is 1. The minimum Gasteiger partial charge on any atom is -0.300 e. The van der Waals surface area contributed by atoms with Crippen molar-refractivity contribution < 1.29 is 4.79 Å². The summed E-state index contributed by atoms with van der Waals surface area (Å²) in [5.74, 6) is 0.297. The van der Waals surface area contributed by atoms with Crippen molar-refractivity contribution in [1.29, 1.82) is 0 Å². The molecule has 0 amide bonds. The van der Waals surface area contributed by atoms with Gasteiger partial charge in [0.05, 0.1) is 0 Å². The largest absolute Gasteiger partial charge is 0.300 e. The summed E-state index contributed by atoms with van der Waals surface area (Å²) in [5, 5.41) is 1.64. The highest BCUT2D eigenvalue weighted by atomic mass is 35.5. The maximum absolute atomic E-state index is 12.2. The molecule has 0 unspecified atom stereocenters. The molecule has 2 aromatic carbocycles. The highest BCUT2D eigenvalue weighted by molar-refractivity contribution is 6.32. The van der Waals surface area contributed by atoms with Crippen molar-refractivity contribution in [1.82, 2.24) is 0 Å². The van der Waals surface area contributed by atoms with Crippen molar-refractivity contribution in [3.05, 3.63) is 67.7 Å². The van der Waals surface area contributed by atoms with Gasteiger partial charge in [-0.1, -0.05) is 47.5 Å². The number of Topliss-reactive ketones (excluding diaryl/α,β-unsaturated/α-hetero) is 1. The zero-order valence-corrected chi connectivity index (χ0v) is 16.3. The van der Waals surface area contributed by atoms with Crippen LogP contribution in [0.15, 0.2) is 24.3 Å². The van der Waals surface area contributed by atoms with Crippen LogP contribution in [0.5, 0.6) is 0 Å². The molecule has 0 bridgehead atoms. The summed E-state index contributed by atoms with van der Waals surface area (Å²) in [5.41, 5.74) is 6.66. The van der Waals surface area contributed by atoms with Crippen LogP contribution in [-0.4, -0.2) is 5.78 Å². The molecule has 0 aliphatic carbocycles. The topological polar surface area (TPSA) is 17.1 Å². The molecule has 24 heavy (non-hydrogen) atoms. The first-order valence-electron chi connectivity index (χ1n) is 8.31. The third-order valence-electron chi connectivity index (χ3n) is 4.38. The van der Waals surface area contributed by atoms with Crippen molar-refractivity contribution in [2.75, 3.05) is 0 Å². The predicted molar refractivity (Wildman–Crippen MR) is 104 cm³/mol. The normalized spacial score (nSPS) is 10.9. The van der Waals surface area contributed by atoms with Crippen molar-refractivity contribution in [2.45, 2.75) is 53.4 Å². The number of hydrogen-bond donors (Lipinski definition) is 0. The van der Waals surface area contributed by atoms with Gasteiger partial charge in [0.1, 0.15) is 5.78 Å². The second kappa shape index (κ2) is 8.18. The van der Waals surface area contributed by atoms with Crippen molar-refractivity contribution in [3.63, 3.8) is 0 Å². The molecule has 128 valence electrons. The highest BCUT2D eigenvalue weighted by Crippen LogP contribution is 2.24. The SMILES string of the molecule is Cc1cc(CCC(=O)CCc2cc(C)c(Cl)c(C)c2)cc(C)c1Cl. The molecule has 0 heterocycles. The Morgan fingerprint density at radius 1 is 0.708 bits per heavy atom. The second-order valence-corrected chi connectivity index (χ2v) is 7.38. The number of carbonyl (C=O) groups excluding carboxylic acids is 1. The molecule has 0 aliphatic heterocycles. The van der Waals surface area contributed by atoms with Gasteiger partial charge in [-0.25, -0.2) is 0 Å². The zero-order chi connectivity index (χ0) is 17.9. The molecule has 0 aliphatic rings. The van der Waals surface area contributed by atoms with Gasteiger partial charge >= 0.3 is 0 Å². The smallest absolute Gasteiger partial charge is 0.133 e. The summed E-state index contributed by atoms with van der Waals surface area (Å²) in [4.78, 5) is 12.2. The van der Waals surface area contributed by atoms with Crippen LogP contribution in [0.3, 0.4) is 0 Å². The first-order valence-corrected chi connectivity index (χ1v) is 9.06. The van der Waals surface area contributed by atoms with Crippen molar-refractivity contribution in [3.8, 4) is 0 Å². The minimum absolute atomic E-state index is 0.297. The molecule has 2 aromatic rings. The molecular formula is C21H24Cl2O. The van der Waals surface area contributed by atoms with Crippen LogP contribution >= 0.6 is 23.2 Å². The van der Waals surface area contributed by atoms with Gasteiger partial charge in [-0.2, -0.15) is 0 Å². The monoisotopic (exact) mass is 362 g/mol. The fourth-order valence-electron chi connectivity index (χ4n) is 3.05. The van der Waals surface area contributed by atoms with E-state index in [1.165, 1.54) is 11.1 Å². The van der Waals surface area contributed by atoms with Crippen LogP contribution < -0.4 is 0 Å². The number of rotatable bonds is 6. The fourth-order valence-corrected chi connectivity index (χ4v) is 3.27. The number of aryl methyl sites for hydroxylation is 6. The Morgan fingerprint density at radius 3 is 1.29 bits per heavy atom. The van der Waals surface area contributed by atoms with Crippen LogP contribution in [0.4, 0.5) is 0 Å². The Kier molecular flexibility index (Phi) is 6.48. The predicted octanol–water partition coefficient (Wildman–Crippen LogP) is 6.36. The number of ketones is 1. The Bertz CT molecular complexity index is 653. The average Bonchev–Trinajstić information content (AvgIpc) is 2.53. The summed E-state index contributed by atoms with van der Waals surface area (Å²) in [7, 11) is 0. The molecule has 0 aromatic heterocycles. The van der Waals surface area contributed by atoms with Gasteiger partial charge in [-0.3, -0.25) is 4.79 Å². The van der Waals surface area contributed by atoms with Crippen molar-refractivity contribution in [2.24, 2.45) is 0 Å². The number of benzene rings is 2. The fraction of sp³-hybridized carbons (Fsp3) is 0.381. The number of halogens is 2. The van der Waals surface area contributed by atoms with Gasteiger partial charge in [0.25, 0.3) is 0 Å². The van der Waals surface area contributed by atoms with E-state index in [2.05, 4.69) is 24.3 Å². The first kappa shape index (κ1) is 19.0. The van der Waals surface area contributed by atoms with Gasteiger partial charge in [0.2, 0.25) is 0 Å². The van der Waals surface area contributed by atoms with E-state index in [1.807, 2.05) is 27.7 Å². The Morgan fingerprint density at radius 2 is 1.00 bits per heavy atom. The quantitative estimate of drug-likeness (QED) is 0.583. The molecule has 0 spiro atoms. The van der Waals surface area contributed by atoms with E-state index in [-0.39, 0.29) is 0 Å². The lowest BCUT2D eigenvalue weighted by Crippen LogP contribution is -2.03. The van der Waals surface area contributed by atoms with Crippen LogP contribution in [0, 0.1) is 27.7 Å². The van der Waals surface area contributed by atoms with E-state index in [4.69, 9.17) is 23.2 Å². The van der Waals surface area contributed by atoms with Crippen LogP contribution in [0.2, 0.25) is 10.0 Å². The van der Waals surface area contributed by atoms with Crippen LogP contribution in [-0.2, 0) is 17.6 Å². The standard InChI is InChI=1S/C21H24Cl2O/c1-13-9-17(10-14(2)20(13)22)5-7-19(24)8-6-18-11-15(3)21(23)16(4)12-18/h9-12H,5-8H2,1-4H3. The van der Waals surface area contributed by atoms with E-state index >= 15 is 0 Å². The average molecular weight is 363 g/mol. The molecule has 0 fully saturated rings. The van der Waals surface area contributed by atoms with Gasteiger partial charge < -0.3 is 0 Å². The summed E-state index contributed by atoms with van der Waals surface area (Å²) < 4.78 is 0. The third-order valence-corrected chi connectivity index (χ3v) is 5.57. The van der Waals surface area contributed by atoms with E-state index in [0.717, 1.165) is 45.1 Å². The maximum Gasteiger partial charge on any atom is 0.133 e. The van der Waals surface area contributed by atoms with E-state index in [0.29, 0.717) is 18.6 Å². The molecule has 2 rings (SSSR count). The van der Waals surface area contributed by atoms with Gasteiger partial charge in [0.15, 0.2) is 0 Å². The number of hydrogen-bond acceptors (Lipinski definition) is 1. The molecule has 0 N–H and O–H groups in total. The van der Waals surface area contributed by atoms with Gasteiger partial charge in [-0.05, 0) is 73.9 Å². The molecule has 1 nitrogen and oxygen atoms in total. The Labute approximate surface area is 155 Å². The summed E-state index contributed by atoms with van der Waals surface area (Å²) in [6, 6.07) is 8.31. The summed E-state index contributed by atoms with van der Waals surface area (Å²) in [6.07, 6.45) is 2.70. The molecule has 0 saturated carbocycles. The second-order valence-electron chi connectivity index (χ2n) is 6.63. The lowest BCUT2D eigenvalue weighted by atomic mass is 9.98. The maximum atomic E-state index is 12.2. The Balaban J connectivity index is 1.90. The first-order chi connectivity index (χ1) is 11.3. The molecule has 3 heteroatoms. The van der Waals surface area contributed by atoms with E-state index in [9.17, 15) is 4.79 Å². The van der Waals surface area contributed by atoms with Crippen LogP contribution in [0.25, 0.3) is 0 Å². The lowest BCUT2D eigenvalue weighted by molar-refractivity contribution is -0.119. The van der Waals surface area contributed by atoms with E-state index in [1.54, 1.807) is 0 Å².